The van der Waals surface area contributed by atoms with Crippen LogP contribution in [-0.4, -0.2) is 17.3 Å². The Hall–Kier alpha value is -1.78. The number of hydrogen-bond donors (Lipinski definition) is 1. The molecule has 0 N–H and O–H groups in total. The molecule has 0 saturated carbocycles. The van der Waals surface area contributed by atoms with Crippen LogP contribution in [0.25, 0.3) is 0 Å². The van der Waals surface area contributed by atoms with Gasteiger partial charge < -0.3 is 0 Å². The standard InChI is InChI=1S/C11H14OS.C7H8S.C4H6O/c1-9-3-5-11(6-4-9)13-8-7-10(2)12;1-6-2-4-7(8)5-3-6;1-3-4(2)5/h3-6H,7-8H2,1-2H3;2-5,8H,1H3;3H,1H2,2H3. The number of hydrogen-bond acceptors (Lipinski definition) is 4. The zero-order valence-electron chi connectivity index (χ0n) is 16.0. The third-order valence-electron chi connectivity index (χ3n) is 3.07. The zero-order valence-corrected chi connectivity index (χ0v) is 17.7. The first-order valence-electron chi connectivity index (χ1n) is 8.32. The fourth-order valence-electron chi connectivity index (χ4n) is 1.49. The van der Waals surface area contributed by atoms with Gasteiger partial charge in [0.25, 0.3) is 0 Å². The molecule has 0 spiro atoms. The number of aryl methyl sites for hydroxylation is 2. The summed E-state index contributed by atoms with van der Waals surface area (Å²) in [6, 6.07) is 16.4. The highest BCUT2D eigenvalue weighted by atomic mass is 32.2. The Labute approximate surface area is 167 Å². The van der Waals surface area contributed by atoms with Gasteiger partial charge in [-0.1, -0.05) is 42.0 Å². The van der Waals surface area contributed by atoms with Gasteiger partial charge >= 0.3 is 0 Å². The average molecular weight is 389 g/mol. The fourth-order valence-corrected chi connectivity index (χ4v) is 2.59. The Morgan fingerprint density at radius 3 is 1.73 bits per heavy atom. The van der Waals surface area contributed by atoms with Crippen molar-refractivity contribution in [2.24, 2.45) is 0 Å². The van der Waals surface area contributed by atoms with Gasteiger partial charge in [0.1, 0.15) is 5.78 Å². The number of benzene rings is 2. The van der Waals surface area contributed by atoms with Gasteiger partial charge in [-0.05, 0) is 58.0 Å². The maximum Gasteiger partial charge on any atom is 0.152 e. The molecule has 2 aromatic carbocycles. The van der Waals surface area contributed by atoms with Gasteiger partial charge in [-0.15, -0.1) is 24.4 Å². The molecule has 26 heavy (non-hydrogen) atoms. The molecule has 0 unspecified atom stereocenters. The summed E-state index contributed by atoms with van der Waals surface area (Å²) in [7, 11) is 0. The summed E-state index contributed by atoms with van der Waals surface area (Å²) in [4.78, 5) is 22.6. The molecule has 0 aliphatic rings. The smallest absolute Gasteiger partial charge is 0.152 e. The molecule has 0 heterocycles. The van der Waals surface area contributed by atoms with Crippen LogP contribution in [0.2, 0.25) is 0 Å². The highest BCUT2D eigenvalue weighted by Gasteiger charge is 1.95. The Morgan fingerprint density at radius 1 is 0.962 bits per heavy atom. The summed E-state index contributed by atoms with van der Waals surface area (Å²) in [5.41, 5.74) is 2.55. The van der Waals surface area contributed by atoms with Crippen LogP contribution in [0.3, 0.4) is 0 Å². The zero-order chi connectivity index (χ0) is 19.9. The number of carbonyl (C=O) groups is 2. The van der Waals surface area contributed by atoms with E-state index in [0.717, 1.165) is 10.6 Å². The van der Waals surface area contributed by atoms with Crippen molar-refractivity contribution in [1.82, 2.24) is 0 Å². The number of carbonyl (C=O) groups excluding carboxylic acids is 2. The van der Waals surface area contributed by atoms with Crippen molar-refractivity contribution in [2.45, 2.75) is 43.9 Å². The molecule has 140 valence electrons. The van der Waals surface area contributed by atoms with Crippen molar-refractivity contribution in [3.63, 3.8) is 0 Å². The van der Waals surface area contributed by atoms with Crippen molar-refractivity contribution in [2.75, 3.05) is 5.75 Å². The Bertz CT molecular complexity index is 653. The third kappa shape index (κ3) is 14.6. The first-order valence-corrected chi connectivity index (χ1v) is 9.75. The predicted molar refractivity (Wildman–Crippen MR) is 117 cm³/mol. The van der Waals surface area contributed by atoms with Crippen LogP contribution in [0.4, 0.5) is 0 Å². The van der Waals surface area contributed by atoms with Crippen molar-refractivity contribution in [1.29, 1.82) is 0 Å². The number of thiol groups is 1. The van der Waals surface area contributed by atoms with E-state index in [1.54, 1.807) is 18.7 Å². The minimum atomic E-state index is 0.0185. The summed E-state index contributed by atoms with van der Waals surface area (Å²) >= 11 is 5.87. The van der Waals surface area contributed by atoms with Crippen LogP contribution < -0.4 is 0 Å². The molecule has 2 nitrogen and oxygen atoms in total. The summed E-state index contributed by atoms with van der Waals surface area (Å²) < 4.78 is 0. The Balaban J connectivity index is 0.000000409. The Morgan fingerprint density at radius 2 is 1.38 bits per heavy atom. The molecular weight excluding hydrogens is 360 g/mol. The molecule has 0 aliphatic carbocycles. The summed E-state index contributed by atoms with van der Waals surface area (Å²) in [5.74, 6) is 1.17. The van der Waals surface area contributed by atoms with Gasteiger partial charge in [-0.2, -0.15) is 0 Å². The van der Waals surface area contributed by atoms with Gasteiger partial charge in [0.05, 0.1) is 0 Å². The lowest BCUT2D eigenvalue weighted by atomic mass is 10.2. The molecule has 0 amide bonds. The SMILES string of the molecule is C=CC(C)=O.CC(=O)CCSc1ccc(C)cc1.Cc1ccc(S)cc1. The highest BCUT2D eigenvalue weighted by molar-refractivity contribution is 7.99. The number of allylic oxidation sites excluding steroid dienone is 1. The van der Waals surface area contributed by atoms with E-state index in [2.05, 4.69) is 57.3 Å². The van der Waals surface area contributed by atoms with Gasteiger partial charge in [-0.3, -0.25) is 9.59 Å². The molecule has 0 radical (unpaired) electrons. The highest BCUT2D eigenvalue weighted by Crippen LogP contribution is 2.18. The second kappa shape index (κ2) is 14.4. The van der Waals surface area contributed by atoms with E-state index in [-0.39, 0.29) is 11.6 Å². The second-order valence-electron chi connectivity index (χ2n) is 5.76. The lowest BCUT2D eigenvalue weighted by Gasteiger charge is -1.99. The van der Waals surface area contributed by atoms with Crippen LogP contribution >= 0.6 is 24.4 Å². The Kier molecular flexibility index (Phi) is 13.4. The summed E-state index contributed by atoms with van der Waals surface area (Å²) in [6.07, 6.45) is 1.94. The first-order chi connectivity index (χ1) is 12.2. The van der Waals surface area contributed by atoms with E-state index in [0.29, 0.717) is 6.42 Å². The van der Waals surface area contributed by atoms with E-state index in [1.807, 2.05) is 24.3 Å². The molecule has 0 saturated heterocycles. The number of Topliss-reactive ketones (excluding diaryl/α,β-unsaturated/α-hetero) is 1. The largest absolute Gasteiger partial charge is 0.300 e. The molecular formula is C22H28O2S2. The number of thioether (sulfide) groups is 1. The average Bonchev–Trinajstić information content (AvgIpc) is 2.60. The molecule has 4 heteroatoms. The topological polar surface area (TPSA) is 34.1 Å². The molecule has 0 fully saturated rings. The molecule has 0 bridgehead atoms. The van der Waals surface area contributed by atoms with Crippen LogP contribution in [0.1, 0.15) is 31.4 Å². The molecule has 0 aliphatic heterocycles. The fraction of sp³-hybridized carbons (Fsp3) is 0.273. The molecule has 0 atom stereocenters. The maximum atomic E-state index is 10.7. The number of rotatable bonds is 5. The summed E-state index contributed by atoms with van der Waals surface area (Å²) in [6.45, 7) is 10.4. The quantitative estimate of drug-likeness (QED) is 0.381. The van der Waals surface area contributed by atoms with E-state index >= 15 is 0 Å². The van der Waals surface area contributed by atoms with E-state index < -0.39 is 0 Å². The lowest BCUT2D eigenvalue weighted by molar-refractivity contribution is -0.116. The van der Waals surface area contributed by atoms with Gasteiger partial charge in [0.15, 0.2) is 5.78 Å². The van der Waals surface area contributed by atoms with Crippen LogP contribution in [0.5, 0.6) is 0 Å². The van der Waals surface area contributed by atoms with Crippen LogP contribution in [0.15, 0.2) is 71.0 Å². The van der Waals surface area contributed by atoms with Gasteiger partial charge in [0.2, 0.25) is 0 Å². The predicted octanol–water partition coefficient (Wildman–Crippen LogP) is 6.11. The van der Waals surface area contributed by atoms with E-state index in [9.17, 15) is 9.59 Å². The summed E-state index contributed by atoms with van der Waals surface area (Å²) in [5, 5.41) is 0. The van der Waals surface area contributed by atoms with Gasteiger partial charge in [-0.25, -0.2) is 0 Å². The minimum absolute atomic E-state index is 0.0185. The van der Waals surface area contributed by atoms with Gasteiger partial charge in [0, 0.05) is 22.0 Å². The van der Waals surface area contributed by atoms with Crippen LogP contribution in [0, 0.1) is 13.8 Å². The van der Waals surface area contributed by atoms with E-state index in [1.165, 1.54) is 29.0 Å². The number of ketones is 2. The first kappa shape index (κ1) is 24.2. The van der Waals surface area contributed by atoms with Crippen LogP contribution in [-0.2, 0) is 9.59 Å². The van der Waals surface area contributed by atoms with Crippen molar-refractivity contribution >= 4 is 36.0 Å². The van der Waals surface area contributed by atoms with E-state index in [4.69, 9.17) is 0 Å². The lowest BCUT2D eigenvalue weighted by Crippen LogP contribution is -1.91. The molecule has 2 aromatic rings. The molecule has 2 rings (SSSR count). The third-order valence-corrected chi connectivity index (χ3v) is 4.38. The molecule has 0 aromatic heterocycles. The van der Waals surface area contributed by atoms with Crippen molar-refractivity contribution < 1.29 is 9.59 Å². The van der Waals surface area contributed by atoms with Crippen molar-refractivity contribution in [3.8, 4) is 0 Å². The monoisotopic (exact) mass is 388 g/mol. The normalized spacial score (nSPS) is 9.12. The minimum Gasteiger partial charge on any atom is -0.300 e. The maximum absolute atomic E-state index is 10.7. The van der Waals surface area contributed by atoms with Crippen molar-refractivity contribution in [3.05, 3.63) is 72.3 Å². The second-order valence-corrected chi connectivity index (χ2v) is 7.45.